The molecule has 1 aromatic carbocycles. The number of amidine groups is 1. The van der Waals surface area contributed by atoms with Crippen molar-refractivity contribution in [2.45, 2.75) is 0 Å². The Bertz CT molecular complexity index is 531. The first-order valence-electron chi connectivity index (χ1n) is 4.86. The van der Waals surface area contributed by atoms with Crippen LogP contribution in [0.25, 0.3) is 0 Å². The number of nitro groups is 1. The molecule has 1 heterocycles. The lowest BCUT2D eigenvalue weighted by molar-refractivity contribution is -0.384. The van der Waals surface area contributed by atoms with Crippen LogP contribution in [0.15, 0.2) is 23.2 Å². The molecular weight excluding hydrogens is 222 g/mol. The zero-order valence-electron chi connectivity index (χ0n) is 8.84. The van der Waals surface area contributed by atoms with Gasteiger partial charge in [-0.3, -0.25) is 15.1 Å². The number of anilines is 1. The van der Waals surface area contributed by atoms with Crippen molar-refractivity contribution in [3.05, 3.63) is 28.3 Å². The Balaban J connectivity index is 2.23. The number of nitrogens with zero attached hydrogens (tertiary/aromatic N) is 2. The first-order valence-corrected chi connectivity index (χ1v) is 4.86. The van der Waals surface area contributed by atoms with Crippen molar-refractivity contribution < 1.29 is 9.66 Å². The highest BCUT2D eigenvalue weighted by atomic mass is 16.6. The SMILES string of the molecule is C#CCN=C1COc2cc([N+](=O)[O-])ccc2N1. The predicted octanol–water partition coefficient (Wildman–Crippen LogP) is 1.43. The summed E-state index contributed by atoms with van der Waals surface area (Å²) >= 11 is 0. The molecule has 0 radical (unpaired) electrons. The molecule has 0 unspecified atom stereocenters. The second kappa shape index (κ2) is 4.53. The summed E-state index contributed by atoms with van der Waals surface area (Å²) in [5.41, 5.74) is 0.646. The lowest BCUT2D eigenvalue weighted by Crippen LogP contribution is -2.26. The van der Waals surface area contributed by atoms with Crippen LogP contribution in [-0.2, 0) is 0 Å². The number of aliphatic imine (C=N–C) groups is 1. The first-order chi connectivity index (χ1) is 8.20. The largest absolute Gasteiger partial charge is 0.483 e. The van der Waals surface area contributed by atoms with Crippen molar-refractivity contribution in [3.63, 3.8) is 0 Å². The summed E-state index contributed by atoms with van der Waals surface area (Å²) in [5, 5.41) is 13.6. The zero-order chi connectivity index (χ0) is 12.3. The van der Waals surface area contributed by atoms with Crippen molar-refractivity contribution in [2.24, 2.45) is 4.99 Å². The number of benzene rings is 1. The van der Waals surface area contributed by atoms with Gasteiger partial charge in [0.25, 0.3) is 5.69 Å². The van der Waals surface area contributed by atoms with Crippen LogP contribution in [0.3, 0.4) is 0 Å². The predicted molar refractivity (Wildman–Crippen MR) is 63.3 cm³/mol. The van der Waals surface area contributed by atoms with Crippen LogP contribution >= 0.6 is 0 Å². The molecule has 0 atom stereocenters. The summed E-state index contributed by atoms with van der Waals surface area (Å²) in [6, 6.07) is 4.36. The molecule has 6 heteroatoms. The summed E-state index contributed by atoms with van der Waals surface area (Å²) in [5.74, 6) is 3.45. The van der Waals surface area contributed by atoms with Crippen molar-refractivity contribution in [1.29, 1.82) is 0 Å². The van der Waals surface area contributed by atoms with E-state index in [9.17, 15) is 10.1 Å². The Morgan fingerprint density at radius 3 is 3.18 bits per heavy atom. The van der Waals surface area contributed by atoms with Crippen LogP contribution in [0, 0.1) is 22.5 Å². The lowest BCUT2D eigenvalue weighted by Gasteiger charge is -2.20. The Labute approximate surface area is 97.5 Å². The molecule has 2 rings (SSSR count). The van der Waals surface area contributed by atoms with Crippen molar-refractivity contribution in [3.8, 4) is 18.1 Å². The van der Waals surface area contributed by atoms with E-state index >= 15 is 0 Å². The van der Waals surface area contributed by atoms with Gasteiger partial charge in [-0.15, -0.1) is 6.42 Å². The van der Waals surface area contributed by atoms with E-state index in [1.807, 2.05) is 0 Å². The molecule has 1 N–H and O–H groups in total. The van der Waals surface area contributed by atoms with Gasteiger partial charge in [-0.2, -0.15) is 0 Å². The maximum absolute atomic E-state index is 10.6. The van der Waals surface area contributed by atoms with Gasteiger partial charge in [0.2, 0.25) is 0 Å². The van der Waals surface area contributed by atoms with Crippen molar-refractivity contribution in [1.82, 2.24) is 0 Å². The Morgan fingerprint density at radius 2 is 2.47 bits per heavy atom. The van der Waals surface area contributed by atoms with Gasteiger partial charge in [-0.25, -0.2) is 0 Å². The van der Waals surface area contributed by atoms with E-state index in [0.717, 1.165) is 0 Å². The van der Waals surface area contributed by atoms with Gasteiger partial charge in [0.15, 0.2) is 0 Å². The molecule has 0 saturated heterocycles. The molecule has 0 fully saturated rings. The van der Waals surface area contributed by atoms with Crippen LogP contribution in [0.2, 0.25) is 0 Å². The molecule has 0 bridgehead atoms. The minimum atomic E-state index is -0.467. The average molecular weight is 231 g/mol. The highest BCUT2D eigenvalue weighted by Gasteiger charge is 2.17. The van der Waals surface area contributed by atoms with Gasteiger partial charge in [-0.05, 0) is 6.07 Å². The standard InChI is InChI=1S/C11H9N3O3/c1-2-5-12-11-7-17-10-6-8(14(15)16)3-4-9(10)13-11/h1,3-4,6H,5,7H2,(H,12,13). The Kier molecular flexibility index (Phi) is 2.92. The highest BCUT2D eigenvalue weighted by Crippen LogP contribution is 2.31. The number of non-ortho nitro benzene ring substituents is 1. The van der Waals surface area contributed by atoms with Crippen molar-refractivity contribution >= 4 is 17.2 Å². The van der Waals surface area contributed by atoms with Gasteiger partial charge in [-0.1, -0.05) is 5.92 Å². The van der Waals surface area contributed by atoms with Crippen molar-refractivity contribution in [2.75, 3.05) is 18.5 Å². The molecule has 0 aromatic heterocycles. The van der Waals surface area contributed by atoms with E-state index in [2.05, 4.69) is 16.2 Å². The summed E-state index contributed by atoms with van der Waals surface area (Å²) in [7, 11) is 0. The van der Waals surface area contributed by atoms with Gasteiger partial charge in [0, 0.05) is 6.07 Å². The molecule has 86 valence electrons. The Morgan fingerprint density at radius 1 is 1.65 bits per heavy atom. The summed E-state index contributed by atoms with van der Waals surface area (Å²) in [4.78, 5) is 14.2. The highest BCUT2D eigenvalue weighted by molar-refractivity contribution is 5.99. The molecule has 6 nitrogen and oxygen atoms in total. The maximum Gasteiger partial charge on any atom is 0.273 e. The number of rotatable bonds is 2. The third kappa shape index (κ3) is 2.34. The summed E-state index contributed by atoms with van der Waals surface area (Å²) < 4.78 is 5.36. The number of hydrogen-bond acceptors (Lipinski definition) is 4. The molecule has 1 aliphatic heterocycles. The van der Waals surface area contributed by atoms with Crippen LogP contribution in [-0.4, -0.2) is 23.9 Å². The number of terminal acetylenes is 1. The van der Waals surface area contributed by atoms with E-state index in [-0.39, 0.29) is 18.8 Å². The van der Waals surface area contributed by atoms with Gasteiger partial charge >= 0.3 is 0 Å². The van der Waals surface area contributed by atoms with Gasteiger partial charge < -0.3 is 10.1 Å². The number of fused-ring (bicyclic) bond motifs is 1. The number of hydrogen-bond donors (Lipinski definition) is 1. The quantitative estimate of drug-likeness (QED) is 0.474. The number of nitrogens with one attached hydrogen (secondary N) is 1. The Hall–Kier alpha value is -2.55. The molecule has 1 aromatic rings. The number of ether oxygens (including phenoxy) is 1. The summed E-state index contributed by atoms with van der Waals surface area (Å²) in [6.45, 7) is 0.504. The molecule has 0 spiro atoms. The molecule has 0 saturated carbocycles. The second-order valence-corrected chi connectivity index (χ2v) is 3.32. The monoisotopic (exact) mass is 231 g/mol. The molecule has 0 aliphatic carbocycles. The van der Waals surface area contributed by atoms with E-state index in [4.69, 9.17) is 11.2 Å². The normalized spacial score (nSPS) is 15.4. The van der Waals surface area contributed by atoms with Crippen LogP contribution in [0.4, 0.5) is 11.4 Å². The minimum absolute atomic E-state index is 0.00503. The van der Waals surface area contributed by atoms with Crippen LogP contribution < -0.4 is 10.1 Å². The average Bonchev–Trinajstić information content (AvgIpc) is 2.35. The smallest absolute Gasteiger partial charge is 0.273 e. The first kappa shape index (κ1) is 11.0. The maximum atomic E-state index is 10.6. The summed E-state index contributed by atoms with van der Waals surface area (Å²) in [6.07, 6.45) is 5.09. The number of nitro benzene ring substituents is 1. The van der Waals surface area contributed by atoms with Crippen LogP contribution in [0.5, 0.6) is 5.75 Å². The molecule has 17 heavy (non-hydrogen) atoms. The fraction of sp³-hybridized carbons (Fsp3) is 0.182. The lowest BCUT2D eigenvalue weighted by atomic mass is 10.2. The van der Waals surface area contributed by atoms with E-state index < -0.39 is 4.92 Å². The molecule has 1 aliphatic rings. The van der Waals surface area contributed by atoms with Gasteiger partial charge in [0.05, 0.1) is 16.7 Å². The fourth-order valence-corrected chi connectivity index (χ4v) is 1.41. The minimum Gasteiger partial charge on any atom is -0.483 e. The third-order valence-electron chi connectivity index (χ3n) is 2.18. The van der Waals surface area contributed by atoms with E-state index in [0.29, 0.717) is 17.3 Å². The molecular formula is C11H9N3O3. The van der Waals surface area contributed by atoms with Gasteiger partial charge in [0.1, 0.15) is 24.7 Å². The second-order valence-electron chi connectivity index (χ2n) is 3.32. The van der Waals surface area contributed by atoms with E-state index in [1.165, 1.54) is 12.1 Å². The third-order valence-corrected chi connectivity index (χ3v) is 2.18. The van der Waals surface area contributed by atoms with Crippen LogP contribution in [0.1, 0.15) is 0 Å². The topological polar surface area (TPSA) is 76.8 Å². The zero-order valence-corrected chi connectivity index (χ0v) is 8.84. The fourth-order valence-electron chi connectivity index (χ4n) is 1.41. The molecule has 0 amide bonds. The van der Waals surface area contributed by atoms with E-state index in [1.54, 1.807) is 6.07 Å².